The van der Waals surface area contributed by atoms with E-state index in [1.807, 2.05) is 36.4 Å². The molecule has 2 aromatic rings. The minimum absolute atomic E-state index is 0.0420. The average molecular weight is 393 g/mol. The summed E-state index contributed by atoms with van der Waals surface area (Å²) in [6.45, 7) is 8.29. The topological polar surface area (TPSA) is 41.6 Å². The first-order valence-corrected chi connectivity index (χ1v) is 10.2. The number of ether oxygens (including phenoxy) is 1. The van der Waals surface area contributed by atoms with Crippen molar-refractivity contribution in [2.45, 2.75) is 24.3 Å². The van der Waals surface area contributed by atoms with Crippen molar-refractivity contribution in [1.29, 1.82) is 0 Å². The Bertz CT molecular complexity index is 770. The number of rotatable bonds is 6. The molecule has 1 N–H and O–H groups in total. The zero-order valence-electron chi connectivity index (χ0n) is 15.3. The first-order valence-electron chi connectivity index (χ1n) is 8.87. The molecular formula is C20H25ClN2O2S. The van der Waals surface area contributed by atoms with E-state index in [4.69, 9.17) is 16.3 Å². The van der Waals surface area contributed by atoms with E-state index >= 15 is 0 Å². The fraction of sp³-hybridized carbons (Fsp3) is 0.450. The van der Waals surface area contributed by atoms with Crippen LogP contribution in [0.4, 0.5) is 0 Å². The Balaban J connectivity index is 1.56. The van der Waals surface area contributed by atoms with E-state index in [9.17, 15) is 4.79 Å². The highest BCUT2D eigenvalue weighted by Gasteiger charge is 2.28. The van der Waals surface area contributed by atoms with Gasteiger partial charge in [0.1, 0.15) is 0 Å². The van der Waals surface area contributed by atoms with Gasteiger partial charge in [-0.05, 0) is 31.4 Å². The Kier molecular flexibility index (Phi) is 6.46. The van der Waals surface area contributed by atoms with E-state index in [0.717, 1.165) is 47.0 Å². The highest BCUT2D eigenvalue weighted by molar-refractivity contribution is 8.00. The van der Waals surface area contributed by atoms with Crippen LogP contribution >= 0.6 is 23.4 Å². The van der Waals surface area contributed by atoms with Gasteiger partial charge in [-0.1, -0.05) is 35.9 Å². The molecule has 0 spiro atoms. The summed E-state index contributed by atoms with van der Waals surface area (Å²) in [5, 5.41) is 5.91. The second-order valence-corrected chi connectivity index (χ2v) is 8.50. The lowest BCUT2D eigenvalue weighted by Crippen LogP contribution is -2.55. The first-order chi connectivity index (χ1) is 12.5. The van der Waals surface area contributed by atoms with Crippen molar-refractivity contribution in [3.05, 3.63) is 41.4 Å². The number of amides is 1. The lowest BCUT2D eigenvalue weighted by molar-refractivity contribution is -0.119. The van der Waals surface area contributed by atoms with Crippen LogP contribution in [-0.2, 0) is 9.53 Å². The van der Waals surface area contributed by atoms with Gasteiger partial charge in [-0.2, -0.15) is 0 Å². The third kappa shape index (κ3) is 4.71. The van der Waals surface area contributed by atoms with Gasteiger partial charge in [0.25, 0.3) is 0 Å². The van der Waals surface area contributed by atoms with Crippen LogP contribution in [-0.4, -0.2) is 54.9 Å². The van der Waals surface area contributed by atoms with Gasteiger partial charge in [-0.3, -0.25) is 9.69 Å². The molecule has 0 bridgehead atoms. The highest BCUT2D eigenvalue weighted by atomic mass is 35.5. The molecule has 6 heteroatoms. The summed E-state index contributed by atoms with van der Waals surface area (Å²) in [6.07, 6.45) is 0. The fourth-order valence-electron chi connectivity index (χ4n) is 3.17. The van der Waals surface area contributed by atoms with Crippen LogP contribution < -0.4 is 5.32 Å². The summed E-state index contributed by atoms with van der Waals surface area (Å²) in [6, 6.07) is 11.9. The molecule has 0 unspecified atom stereocenters. The van der Waals surface area contributed by atoms with Crippen molar-refractivity contribution in [1.82, 2.24) is 10.2 Å². The van der Waals surface area contributed by atoms with E-state index in [0.29, 0.717) is 12.3 Å². The molecule has 0 atom stereocenters. The van der Waals surface area contributed by atoms with Gasteiger partial charge in [-0.15, -0.1) is 11.8 Å². The van der Waals surface area contributed by atoms with Crippen molar-refractivity contribution in [2.24, 2.45) is 0 Å². The molecule has 0 aliphatic carbocycles. The van der Waals surface area contributed by atoms with Crippen molar-refractivity contribution in [3.8, 4) is 0 Å². The zero-order valence-corrected chi connectivity index (χ0v) is 16.8. The minimum atomic E-state index is -0.0765. The lowest BCUT2D eigenvalue weighted by atomic mass is 10.0. The summed E-state index contributed by atoms with van der Waals surface area (Å²) in [4.78, 5) is 15.8. The molecule has 0 aromatic heterocycles. The SMILES string of the molecule is CC(C)(CNC(=O)CSc1cccc2cccc(Cl)c12)N1CCOCC1. The molecule has 140 valence electrons. The number of fused-ring (bicyclic) bond motifs is 1. The second kappa shape index (κ2) is 8.61. The van der Waals surface area contributed by atoms with Crippen LogP contribution in [0.15, 0.2) is 41.3 Å². The van der Waals surface area contributed by atoms with Crippen LogP contribution in [0, 0.1) is 0 Å². The fourth-order valence-corrected chi connectivity index (χ4v) is 4.45. The summed E-state index contributed by atoms with van der Waals surface area (Å²) in [5.74, 6) is 0.421. The third-order valence-electron chi connectivity index (χ3n) is 4.76. The Hall–Kier alpha value is -1.27. The van der Waals surface area contributed by atoms with Crippen molar-refractivity contribution in [3.63, 3.8) is 0 Å². The molecule has 4 nitrogen and oxygen atoms in total. The quantitative estimate of drug-likeness (QED) is 0.759. The number of benzene rings is 2. The van der Waals surface area contributed by atoms with Gasteiger partial charge in [0, 0.05) is 40.5 Å². The number of morpholine rings is 1. The molecule has 1 heterocycles. The summed E-state index contributed by atoms with van der Waals surface area (Å²) >= 11 is 7.88. The van der Waals surface area contributed by atoms with E-state index in [1.54, 1.807) is 0 Å². The summed E-state index contributed by atoms with van der Waals surface area (Å²) < 4.78 is 5.41. The van der Waals surface area contributed by atoms with Crippen LogP contribution in [0.3, 0.4) is 0 Å². The number of hydrogen-bond donors (Lipinski definition) is 1. The van der Waals surface area contributed by atoms with Crippen LogP contribution in [0.25, 0.3) is 10.8 Å². The number of thioether (sulfide) groups is 1. The Morgan fingerprint density at radius 2 is 1.92 bits per heavy atom. The number of hydrogen-bond acceptors (Lipinski definition) is 4. The Morgan fingerprint density at radius 1 is 1.23 bits per heavy atom. The second-order valence-electron chi connectivity index (χ2n) is 7.07. The molecule has 1 aliphatic rings. The van der Waals surface area contributed by atoms with E-state index < -0.39 is 0 Å². The number of nitrogens with one attached hydrogen (secondary N) is 1. The molecule has 3 rings (SSSR count). The van der Waals surface area contributed by atoms with Crippen molar-refractivity contribution < 1.29 is 9.53 Å². The van der Waals surface area contributed by atoms with Crippen LogP contribution in [0.1, 0.15) is 13.8 Å². The lowest BCUT2D eigenvalue weighted by Gasteiger charge is -2.40. The van der Waals surface area contributed by atoms with Crippen molar-refractivity contribution >= 4 is 40.0 Å². The monoisotopic (exact) mass is 392 g/mol. The van der Waals surface area contributed by atoms with Gasteiger partial charge < -0.3 is 10.1 Å². The van der Waals surface area contributed by atoms with Gasteiger partial charge in [0.05, 0.1) is 19.0 Å². The maximum absolute atomic E-state index is 12.4. The summed E-state index contributed by atoms with van der Waals surface area (Å²) in [5.41, 5.74) is -0.0765. The molecule has 2 aromatic carbocycles. The third-order valence-corrected chi connectivity index (χ3v) is 6.13. The minimum Gasteiger partial charge on any atom is -0.379 e. The maximum atomic E-state index is 12.4. The van der Waals surface area contributed by atoms with Crippen LogP contribution in [0.2, 0.25) is 5.02 Å². The molecular weight excluding hydrogens is 368 g/mol. The molecule has 26 heavy (non-hydrogen) atoms. The predicted molar refractivity (Wildman–Crippen MR) is 109 cm³/mol. The molecule has 1 amide bonds. The molecule has 1 fully saturated rings. The molecule has 1 saturated heterocycles. The normalized spacial score (nSPS) is 16.0. The van der Waals surface area contributed by atoms with Crippen LogP contribution in [0.5, 0.6) is 0 Å². The standard InChI is InChI=1S/C20H25ClN2O2S/c1-20(2,23-9-11-25-12-10-23)14-22-18(24)13-26-17-8-4-6-15-5-3-7-16(21)19(15)17/h3-8H,9-14H2,1-2H3,(H,22,24). The van der Waals surface area contributed by atoms with Gasteiger partial charge in [0.2, 0.25) is 5.91 Å². The molecule has 1 aliphatic heterocycles. The molecule has 0 saturated carbocycles. The van der Waals surface area contributed by atoms with Gasteiger partial charge in [0.15, 0.2) is 0 Å². The Labute approximate surface area is 164 Å². The maximum Gasteiger partial charge on any atom is 0.230 e. The zero-order chi connectivity index (χ0) is 18.6. The van der Waals surface area contributed by atoms with Crippen molar-refractivity contribution in [2.75, 3.05) is 38.6 Å². The predicted octanol–water partition coefficient (Wildman–Crippen LogP) is 3.81. The first kappa shape index (κ1) is 19.5. The van der Waals surface area contributed by atoms with Gasteiger partial charge >= 0.3 is 0 Å². The van der Waals surface area contributed by atoms with E-state index in [1.165, 1.54) is 11.8 Å². The smallest absolute Gasteiger partial charge is 0.230 e. The Morgan fingerprint density at radius 3 is 2.65 bits per heavy atom. The number of carbonyl (C=O) groups is 1. The van der Waals surface area contributed by atoms with E-state index in [-0.39, 0.29) is 11.4 Å². The van der Waals surface area contributed by atoms with E-state index in [2.05, 4.69) is 24.1 Å². The number of nitrogens with zero attached hydrogens (tertiary/aromatic N) is 1. The largest absolute Gasteiger partial charge is 0.379 e. The number of halogens is 1. The molecule has 0 radical (unpaired) electrons. The number of carbonyl (C=O) groups excluding carboxylic acids is 1. The summed E-state index contributed by atoms with van der Waals surface area (Å²) in [7, 11) is 0. The highest BCUT2D eigenvalue weighted by Crippen LogP contribution is 2.33. The van der Waals surface area contributed by atoms with Gasteiger partial charge in [-0.25, -0.2) is 0 Å². The average Bonchev–Trinajstić information content (AvgIpc) is 2.65.